The molecule has 0 aromatic heterocycles. The molecule has 0 aliphatic carbocycles. The number of ether oxygens (including phenoxy) is 5. The summed E-state index contributed by atoms with van der Waals surface area (Å²) < 4.78 is 26.8. The first-order chi connectivity index (χ1) is 21.1. The second kappa shape index (κ2) is 21.4. The fourth-order valence-electron chi connectivity index (χ4n) is 5.59. The average Bonchev–Trinajstić information content (AvgIpc) is 3.00. The number of rotatable bonds is 21. The normalized spacial score (nSPS) is 32.4. The number of hydrogen-bond acceptors (Lipinski definition) is 13. The highest BCUT2D eigenvalue weighted by atomic mass is 16.7. The highest BCUT2D eigenvalue weighted by Gasteiger charge is 2.51. The van der Waals surface area contributed by atoms with E-state index in [2.05, 4.69) is 6.92 Å². The molecule has 0 bridgehead atoms. The van der Waals surface area contributed by atoms with Gasteiger partial charge in [0.25, 0.3) is 0 Å². The fraction of sp³-hybridized carbons (Fsp3) is 0.935. The Kier molecular flexibility index (Phi) is 18.8. The first-order valence-corrected chi connectivity index (χ1v) is 16.4. The number of aliphatic hydroxyl groups excluding tert-OH is 6. The van der Waals surface area contributed by atoms with E-state index in [0.717, 1.165) is 26.2 Å². The third kappa shape index (κ3) is 13.1. The Hall–Kier alpha value is -1.42. The van der Waals surface area contributed by atoms with Crippen molar-refractivity contribution in [3.8, 4) is 0 Å². The quantitative estimate of drug-likeness (QED) is 0.0784. The maximum Gasteiger partial charge on any atom is 0.305 e. The Morgan fingerprint density at radius 2 is 1.18 bits per heavy atom. The van der Waals surface area contributed by atoms with Gasteiger partial charge in [0.1, 0.15) is 49.3 Å². The summed E-state index contributed by atoms with van der Waals surface area (Å²) >= 11 is 0. The van der Waals surface area contributed by atoms with Gasteiger partial charge in [0.2, 0.25) is 0 Å². The van der Waals surface area contributed by atoms with E-state index in [1.165, 1.54) is 64.2 Å². The van der Waals surface area contributed by atoms with Gasteiger partial charge in [-0.3, -0.25) is 9.59 Å². The summed E-state index contributed by atoms with van der Waals surface area (Å²) in [6.45, 7) is 2.20. The number of hydrogen-bond donors (Lipinski definition) is 6. The van der Waals surface area contributed by atoms with Crippen LogP contribution in [0, 0.1) is 0 Å². The Balaban J connectivity index is 1.74. The van der Waals surface area contributed by atoms with Gasteiger partial charge in [-0.25, -0.2) is 0 Å². The maximum atomic E-state index is 12.4. The zero-order chi connectivity index (χ0) is 32.5. The smallest absolute Gasteiger partial charge is 0.305 e. The van der Waals surface area contributed by atoms with E-state index < -0.39 is 86.6 Å². The summed E-state index contributed by atoms with van der Waals surface area (Å²) in [4.78, 5) is 24.1. The van der Waals surface area contributed by atoms with E-state index in [9.17, 15) is 40.2 Å². The largest absolute Gasteiger partial charge is 0.463 e. The van der Waals surface area contributed by atoms with Gasteiger partial charge in [-0.1, -0.05) is 90.4 Å². The third-order valence-corrected chi connectivity index (χ3v) is 8.22. The molecule has 2 heterocycles. The van der Waals surface area contributed by atoms with Crippen molar-refractivity contribution in [1.82, 2.24) is 0 Å². The highest BCUT2D eigenvalue weighted by molar-refractivity contribution is 5.69. The monoisotopic (exact) mass is 636 g/mol. The minimum atomic E-state index is -1.79. The molecule has 6 N–H and O–H groups in total. The van der Waals surface area contributed by atoms with Crippen molar-refractivity contribution in [2.24, 2.45) is 0 Å². The van der Waals surface area contributed by atoms with Gasteiger partial charge >= 0.3 is 11.9 Å². The third-order valence-electron chi connectivity index (χ3n) is 8.22. The van der Waals surface area contributed by atoms with Gasteiger partial charge in [-0.2, -0.15) is 0 Å². The molecule has 0 radical (unpaired) electrons. The Morgan fingerprint density at radius 1 is 0.659 bits per heavy atom. The van der Waals surface area contributed by atoms with Crippen molar-refractivity contribution < 1.29 is 63.9 Å². The van der Waals surface area contributed by atoms with Crippen LogP contribution >= 0.6 is 0 Å². The molecule has 2 aliphatic rings. The number of carbonyl (C=O) groups is 2. The zero-order valence-electron chi connectivity index (χ0n) is 26.3. The second-order valence-corrected chi connectivity index (χ2v) is 12.0. The lowest BCUT2D eigenvalue weighted by atomic mass is 9.97. The first-order valence-electron chi connectivity index (χ1n) is 16.4. The molecule has 0 aromatic carbocycles. The number of unbranched alkanes of at least 4 members (excludes halogenated alkanes) is 13. The van der Waals surface area contributed by atoms with Gasteiger partial charge in [0.05, 0.1) is 6.61 Å². The lowest BCUT2D eigenvalue weighted by Crippen LogP contribution is -2.65. The maximum absolute atomic E-state index is 12.4. The van der Waals surface area contributed by atoms with Crippen LogP contribution < -0.4 is 0 Å². The molecule has 2 rings (SSSR count). The number of carbonyl (C=O) groups excluding carboxylic acids is 2. The molecule has 2 saturated heterocycles. The minimum absolute atomic E-state index is 0.179. The second-order valence-electron chi connectivity index (χ2n) is 12.0. The van der Waals surface area contributed by atoms with Crippen LogP contribution in [0.25, 0.3) is 0 Å². The Morgan fingerprint density at radius 3 is 1.70 bits per heavy atom. The van der Waals surface area contributed by atoms with Crippen LogP contribution in [0.5, 0.6) is 0 Å². The molecule has 258 valence electrons. The fourth-order valence-corrected chi connectivity index (χ4v) is 5.59. The molecule has 2 fully saturated rings. The minimum Gasteiger partial charge on any atom is -0.463 e. The predicted octanol–water partition coefficient (Wildman–Crippen LogP) is 1.60. The molecule has 2 aliphatic heterocycles. The van der Waals surface area contributed by atoms with Crippen LogP contribution in [0.3, 0.4) is 0 Å². The van der Waals surface area contributed by atoms with Crippen LogP contribution in [0.4, 0.5) is 0 Å². The summed E-state index contributed by atoms with van der Waals surface area (Å²) in [5.74, 6) is -1.27. The summed E-state index contributed by atoms with van der Waals surface area (Å²) in [5, 5.41) is 60.9. The Bertz CT molecular complexity index is 797. The predicted molar refractivity (Wildman–Crippen MR) is 157 cm³/mol. The van der Waals surface area contributed by atoms with Crippen LogP contribution in [-0.2, 0) is 33.3 Å². The van der Waals surface area contributed by atoms with Gasteiger partial charge in [0, 0.05) is 13.3 Å². The Labute approximate surface area is 260 Å². The molecule has 0 unspecified atom stereocenters. The topological polar surface area (TPSA) is 202 Å². The van der Waals surface area contributed by atoms with Gasteiger partial charge in [-0.15, -0.1) is 0 Å². The van der Waals surface area contributed by atoms with Crippen LogP contribution in [0.2, 0.25) is 0 Å². The number of esters is 2. The van der Waals surface area contributed by atoms with Gasteiger partial charge in [0.15, 0.2) is 18.7 Å². The summed E-state index contributed by atoms with van der Waals surface area (Å²) in [6, 6.07) is 0. The SMILES string of the molecule is CCCCCCCCCCCCCCCCC(=O)OC[C@H]1O[C@@H](O[C@H]2[C@H](O)[C@@H](O)[C@H](O)O[C@@H]2CO)[C@H](O)[C@@H](O)[C@@H]1OC(C)=O. The highest BCUT2D eigenvalue weighted by Crippen LogP contribution is 2.30. The van der Waals surface area contributed by atoms with Crippen molar-refractivity contribution >= 4 is 11.9 Å². The van der Waals surface area contributed by atoms with Crippen molar-refractivity contribution in [3.05, 3.63) is 0 Å². The lowest BCUT2D eigenvalue weighted by molar-refractivity contribution is -0.355. The van der Waals surface area contributed by atoms with Crippen LogP contribution in [-0.4, -0.2) is 117 Å². The summed E-state index contributed by atoms with van der Waals surface area (Å²) in [7, 11) is 0. The molecule has 0 aromatic rings. The van der Waals surface area contributed by atoms with E-state index in [0.29, 0.717) is 6.42 Å². The molecular formula is C31H56O13. The molecule has 10 atom stereocenters. The summed E-state index contributed by atoms with van der Waals surface area (Å²) in [6.07, 6.45) is 0.962. The molecule has 13 heteroatoms. The van der Waals surface area contributed by atoms with Crippen molar-refractivity contribution in [2.45, 2.75) is 172 Å². The van der Waals surface area contributed by atoms with E-state index in [1.807, 2.05) is 0 Å². The van der Waals surface area contributed by atoms with Crippen LogP contribution in [0.15, 0.2) is 0 Å². The van der Waals surface area contributed by atoms with Crippen molar-refractivity contribution in [1.29, 1.82) is 0 Å². The van der Waals surface area contributed by atoms with Crippen molar-refractivity contribution in [2.75, 3.05) is 13.2 Å². The molecule has 0 amide bonds. The average molecular weight is 637 g/mol. The van der Waals surface area contributed by atoms with Gasteiger partial charge in [-0.05, 0) is 6.42 Å². The molecular weight excluding hydrogens is 580 g/mol. The first kappa shape index (κ1) is 38.8. The number of aliphatic hydroxyl groups is 6. The summed E-state index contributed by atoms with van der Waals surface area (Å²) in [5.41, 5.74) is 0. The molecule has 44 heavy (non-hydrogen) atoms. The standard InChI is InChI=1S/C31H56O13/c1-3-4-5-6-7-8-9-10-11-12-13-14-15-16-17-23(34)40-19-22-29(41-20(2)33)25(36)27(38)31(43-22)44-28-21(18-32)42-30(39)26(37)24(28)35/h21-22,24-32,35-39H,3-19H2,1-2H3/t21-,22-,24-,25-,26-,27-,28-,29-,30-,31+/m1/s1. The van der Waals surface area contributed by atoms with Crippen LogP contribution in [0.1, 0.15) is 110 Å². The van der Waals surface area contributed by atoms with Crippen molar-refractivity contribution in [3.63, 3.8) is 0 Å². The van der Waals surface area contributed by atoms with E-state index in [-0.39, 0.29) is 6.42 Å². The van der Waals surface area contributed by atoms with E-state index >= 15 is 0 Å². The molecule has 0 saturated carbocycles. The molecule has 0 spiro atoms. The van der Waals surface area contributed by atoms with E-state index in [4.69, 9.17) is 23.7 Å². The molecule has 13 nitrogen and oxygen atoms in total. The zero-order valence-corrected chi connectivity index (χ0v) is 26.3. The van der Waals surface area contributed by atoms with E-state index in [1.54, 1.807) is 0 Å². The lowest BCUT2D eigenvalue weighted by Gasteiger charge is -2.45. The van der Waals surface area contributed by atoms with Gasteiger partial charge < -0.3 is 54.3 Å².